The molecule has 4 nitrogen and oxygen atoms in total. The predicted molar refractivity (Wildman–Crippen MR) is 86.3 cm³/mol. The lowest BCUT2D eigenvalue weighted by atomic mass is 10.1. The van der Waals surface area contributed by atoms with Crippen LogP contribution in [0.3, 0.4) is 0 Å². The summed E-state index contributed by atoms with van der Waals surface area (Å²) in [5.74, 6) is 0.565. The molecule has 1 heterocycles. The molecular weight excluding hydrogens is 262 g/mol. The predicted octanol–water partition coefficient (Wildman–Crippen LogP) is 2.04. The quantitative estimate of drug-likeness (QED) is 0.754. The summed E-state index contributed by atoms with van der Waals surface area (Å²) in [6.07, 6.45) is 3.94. The molecule has 114 valence electrons. The second-order valence-corrected chi connectivity index (χ2v) is 5.57. The summed E-state index contributed by atoms with van der Waals surface area (Å²) in [7, 11) is 0. The number of nitrogens with zero attached hydrogens (tertiary/aromatic N) is 1. The van der Waals surface area contributed by atoms with Gasteiger partial charge in [0, 0.05) is 26.2 Å². The molecule has 21 heavy (non-hydrogen) atoms. The zero-order valence-electron chi connectivity index (χ0n) is 12.6. The van der Waals surface area contributed by atoms with Gasteiger partial charge in [-0.05, 0) is 30.9 Å². The average molecular weight is 287 g/mol. The molecule has 0 aliphatic carbocycles. The molecule has 1 aliphatic heterocycles. The van der Waals surface area contributed by atoms with Crippen molar-refractivity contribution in [2.75, 3.05) is 32.7 Å². The maximum absolute atomic E-state index is 11.5. The minimum Gasteiger partial charge on any atom is -0.338 e. The maximum atomic E-state index is 11.5. The molecule has 2 N–H and O–H groups in total. The lowest BCUT2D eigenvalue weighted by molar-refractivity contribution is 0.239. The van der Waals surface area contributed by atoms with Crippen LogP contribution >= 0.6 is 0 Å². The van der Waals surface area contributed by atoms with Crippen LogP contribution in [0.2, 0.25) is 0 Å². The molecule has 2 rings (SSSR count). The van der Waals surface area contributed by atoms with Gasteiger partial charge in [-0.3, -0.25) is 0 Å². The van der Waals surface area contributed by atoms with Crippen LogP contribution < -0.4 is 10.6 Å². The highest BCUT2D eigenvalue weighted by Crippen LogP contribution is 2.15. The summed E-state index contributed by atoms with van der Waals surface area (Å²) in [6, 6.07) is 10.5. The Morgan fingerprint density at radius 3 is 2.90 bits per heavy atom. The van der Waals surface area contributed by atoms with Gasteiger partial charge >= 0.3 is 6.03 Å². The first-order chi connectivity index (χ1) is 10.3. The van der Waals surface area contributed by atoms with Crippen molar-refractivity contribution < 1.29 is 4.79 Å². The van der Waals surface area contributed by atoms with E-state index in [-0.39, 0.29) is 6.03 Å². The second kappa shape index (κ2) is 8.47. The van der Waals surface area contributed by atoms with E-state index in [1.54, 1.807) is 6.08 Å². The summed E-state index contributed by atoms with van der Waals surface area (Å²) in [5.41, 5.74) is 1.39. The zero-order chi connectivity index (χ0) is 14.9. The summed E-state index contributed by atoms with van der Waals surface area (Å²) in [5, 5.41) is 5.66. The van der Waals surface area contributed by atoms with E-state index in [1.165, 1.54) is 5.56 Å². The molecule has 2 amide bonds. The molecule has 0 radical (unpaired) electrons. The molecule has 1 aliphatic rings. The van der Waals surface area contributed by atoms with Crippen LogP contribution in [0, 0.1) is 5.92 Å². The van der Waals surface area contributed by atoms with Crippen molar-refractivity contribution in [2.24, 2.45) is 5.92 Å². The van der Waals surface area contributed by atoms with E-state index in [0.29, 0.717) is 12.5 Å². The monoisotopic (exact) mass is 287 g/mol. The van der Waals surface area contributed by atoms with Gasteiger partial charge in [-0.25, -0.2) is 4.79 Å². The van der Waals surface area contributed by atoms with Gasteiger partial charge in [0.15, 0.2) is 0 Å². The first-order valence-corrected chi connectivity index (χ1v) is 7.67. The third-order valence-corrected chi connectivity index (χ3v) is 3.89. The van der Waals surface area contributed by atoms with Crippen LogP contribution in [0.15, 0.2) is 43.0 Å². The first-order valence-electron chi connectivity index (χ1n) is 7.67. The van der Waals surface area contributed by atoms with E-state index in [0.717, 1.165) is 39.0 Å². The lowest BCUT2D eigenvalue weighted by Gasteiger charge is -2.16. The smallest absolute Gasteiger partial charge is 0.315 e. The Kier molecular flexibility index (Phi) is 6.28. The number of nitrogens with one attached hydrogen (secondary N) is 2. The maximum Gasteiger partial charge on any atom is 0.315 e. The number of amides is 2. The highest BCUT2D eigenvalue weighted by Gasteiger charge is 2.22. The summed E-state index contributed by atoms with van der Waals surface area (Å²) in [4.78, 5) is 14.0. The molecule has 0 saturated carbocycles. The van der Waals surface area contributed by atoms with Gasteiger partial charge < -0.3 is 15.5 Å². The van der Waals surface area contributed by atoms with E-state index < -0.39 is 0 Å². The molecule has 1 atom stereocenters. The molecule has 4 heteroatoms. The molecule has 1 aromatic carbocycles. The number of rotatable bonds is 7. The fraction of sp³-hybridized carbons (Fsp3) is 0.471. The average Bonchev–Trinajstić information content (AvgIpc) is 2.98. The van der Waals surface area contributed by atoms with Crippen LogP contribution in [-0.2, 0) is 6.42 Å². The van der Waals surface area contributed by atoms with E-state index in [9.17, 15) is 4.79 Å². The fourth-order valence-electron chi connectivity index (χ4n) is 2.68. The number of carbonyl (C=O) groups is 1. The Morgan fingerprint density at radius 1 is 1.33 bits per heavy atom. The van der Waals surface area contributed by atoms with Crippen molar-refractivity contribution in [3.05, 3.63) is 48.6 Å². The Hall–Kier alpha value is -1.81. The summed E-state index contributed by atoms with van der Waals surface area (Å²) in [6.45, 7) is 8.16. The van der Waals surface area contributed by atoms with Gasteiger partial charge in [0.2, 0.25) is 0 Å². The van der Waals surface area contributed by atoms with Gasteiger partial charge in [0.1, 0.15) is 0 Å². The van der Waals surface area contributed by atoms with E-state index in [2.05, 4.69) is 52.4 Å². The number of hydrogen-bond acceptors (Lipinski definition) is 2. The number of hydrogen-bond donors (Lipinski definition) is 2. The lowest BCUT2D eigenvalue weighted by Crippen LogP contribution is -2.38. The standard InChI is InChI=1S/C17H25N3O/c1-2-10-18-17(21)19-13-16-9-12-20(14-16)11-8-15-6-4-3-5-7-15/h2-7,16H,1,8-14H2,(H2,18,19,21)/t16-/m1/s1. The molecular formula is C17H25N3O. The van der Waals surface area contributed by atoms with Crippen LogP contribution in [-0.4, -0.2) is 43.7 Å². The molecule has 0 spiro atoms. The summed E-state index contributed by atoms with van der Waals surface area (Å²) >= 11 is 0. The topological polar surface area (TPSA) is 44.4 Å². The minimum atomic E-state index is -0.0994. The first kappa shape index (κ1) is 15.6. The van der Waals surface area contributed by atoms with E-state index in [4.69, 9.17) is 0 Å². The van der Waals surface area contributed by atoms with Crippen LogP contribution in [0.5, 0.6) is 0 Å². The largest absolute Gasteiger partial charge is 0.338 e. The Balaban J connectivity index is 1.62. The molecule has 0 aromatic heterocycles. The molecule has 0 bridgehead atoms. The van der Waals surface area contributed by atoms with E-state index in [1.807, 2.05) is 0 Å². The van der Waals surface area contributed by atoms with Gasteiger partial charge in [-0.1, -0.05) is 36.4 Å². The highest BCUT2D eigenvalue weighted by molar-refractivity contribution is 5.73. The fourth-order valence-corrected chi connectivity index (χ4v) is 2.68. The number of benzene rings is 1. The Bertz CT molecular complexity index is 447. The molecule has 1 aromatic rings. The Labute approximate surface area is 127 Å². The summed E-state index contributed by atoms with van der Waals surface area (Å²) < 4.78 is 0. The zero-order valence-corrected chi connectivity index (χ0v) is 12.6. The van der Waals surface area contributed by atoms with E-state index >= 15 is 0 Å². The number of likely N-dealkylation sites (tertiary alicyclic amines) is 1. The van der Waals surface area contributed by atoms with Gasteiger partial charge in [0.05, 0.1) is 0 Å². The van der Waals surface area contributed by atoms with Gasteiger partial charge in [0.25, 0.3) is 0 Å². The van der Waals surface area contributed by atoms with Crippen molar-refractivity contribution in [3.63, 3.8) is 0 Å². The van der Waals surface area contributed by atoms with Gasteiger partial charge in [-0.2, -0.15) is 0 Å². The third-order valence-electron chi connectivity index (χ3n) is 3.89. The number of urea groups is 1. The second-order valence-electron chi connectivity index (χ2n) is 5.57. The normalized spacial score (nSPS) is 18.4. The molecule has 0 unspecified atom stereocenters. The molecule has 1 saturated heterocycles. The number of carbonyl (C=O) groups excluding carboxylic acids is 1. The third kappa shape index (κ3) is 5.60. The van der Waals surface area contributed by atoms with Crippen molar-refractivity contribution >= 4 is 6.03 Å². The molecule has 1 fully saturated rings. The van der Waals surface area contributed by atoms with Crippen molar-refractivity contribution in [1.82, 2.24) is 15.5 Å². The van der Waals surface area contributed by atoms with Crippen molar-refractivity contribution in [2.45, 2.75) is 12.8 Å². The van der Waals surface area contributed by atoms with Crippen molar-refractivity contribution in [3.8, 4) is 0 Å². The van der Waals surface area contributed by atoms with Crippen LogP contribution in [0.4, 0.5) is 4.79 Å². The van der Waals surface area contributed by atoms with Crippen LogP contribution in [0.1, 0.15) is 12.0 Å². The van der Waals surface area contributed by atoms with Crippen molar-refractivity contribution in [1.29, 1.82) is 0 Å². The highest BCUT2D eigenvalue weighted by atomic mass is 16.2. The van der Waals surface area contributed by atoms with Gasteiger partial charge in [-0.15, -0.1) is 6.58 Å². The van der Waals surface area contributed by atoms with Crippen LogP contribution in [0.25, 0.3) is 0 Å². The SMILES string of the molecule is C=CCNC(=O)NC[C@H]1CCN(CCc2ccccc2)C1. The Morgan fingerprint density at radius 2 is 2.14 bits per heavy atom. The minimum absolute atomic E-state index is 0.0994.